The van der Waals surface area contributed by atoms with Gasteiger partial charge < -0.3 is 46.2 Å². The van der Waals surface area contributed by atoms with Crippen LogP contribution in [-0.4, -0.2) is 92.5 Å². The van der Waals surface area contributed by atoms with Crippen LogP contribution >= 0.6 is 0 Å². The molecule has 0 aliphatic carbocycles. The Bertz CT molecular complexity index is 652. The Labute approximate surface area is 159 Å². The van der Waals surface area contributed by atoms with Crippen LogP contribution in [0.25, 0.3) is 0 Å². The lowest BCUT2D eigenvalue weighted by Crippen LogP contribution is -2.64. The maximum atomic E-state index is 12.0. The molecule has 13 heteroatoms. The lowest BCUT2D eigenvalue weighted by Gasteiger charge is -2.40. The number of hydrogen-bond acceptors (Lipinski definition) is 8. The molecule has 0 bridgehead atoms. The zero-order chi connectivity index (χ0) is 21.6. The van der Waals surface area contributed by atoms with Crippen LogP contribution in [-0.2, 0) is 19.1 Å². The lowest BCUT2D eigenvalue weighted by atomic mass is 9.92. The Morgan fingerprint density at radius 3 is 2.25 bits per heavy atom. The maximum Gasteiger partial charge on any atom is 0.370 e. The van der Waals surface area contributed by atoms with Gasteiger partial charge in [-0.15, -0.1) is 0 Å². The number of rotatable bonds is 8. The molecule has 13 nitrogen and oxygen atoms in total. The summed E-state index contributed by atoms with van der Waals surface area (Å²) in [6.07, 6.45) is -4.15. The zero-order valence-electron chi connectivity index (χ0n) is 15.0. The Morgan fingerprint density at radius 1 is 1.18 bits per heavy atom. The minimum Gasteiger partial charge on any atom is -0.480 e. The van der Waals surface area contributed by atoms with Gasteiger partial charge in [-0.1, -0.05) is 0 Å². The van der Waals surface area contributed by atoms with Crippen LogP contribution in [0.1, 0.15) is 13.8 Å². The molecule has 158 valence electrons. The standard InChI is InChI=1S/C15H23N3O10/c1-5(13(23)24)16-15(27)18-7-3-9(14(25)26)28-12(10(7)17-6(2)20)11(22)8(21)4-19/h3,5,7-8,10-12,19,21-22H,4H2,1-2H3,(H,17,20)(H,23,24)(H,25,26)(H2,16,18,27)/t5-,7-,8+,10+,11+,12+/m0/s1. The normalized spacial score (nSPS) is 24.6. The van der Waals surface area contributed by atoms with Crippen LogP contribution in [0.4, 0.5) is 4.79 Å². The molecular weight excluding hydrogens is 382 g/mol. The molecule has 0 spiro atoms. The number of hydrogen-bond donors (Lipinski definition) is 8. The summed E-state index contributed by atoms with van der Waals surface area (Å²) in [6, 6.07) is -4.76. The van der Waals surface area contributed by atoms with E-state index in [1.165, 1.54) is 6.92 Å². The molecule has 0 fully saturated rings. The van der Waals surface area contributed by atoms with Crippen molar-refractivity contribution < 1.29 is 49.4 Å². The summed E-state index contributed by atoms with van der Waals surface area (Å²) >= 11 is 0. The molecule has 0 radical (unpaired) electrons. The first-order valence-electron chi connectivity index (χ1n) is 8.13. The molecule has 0 aromatic heterocycles. The first kappa shape index (κ1) is 23.1. The van der Waals surface area contributed by atoms with Crippen LogP contribution in [0.3, 0.4) is 0 Å². The molecule has 1 aliphatic heterocycles. The van der Waals surface area contributed by atoms with Gasteiger partial charge in [0.25, 0.3) is 0 Å². The number of ether oxygens (including phenoxy) is 1. The molecule has 6 atom stereocenters. The quantitative estimate of drug-likeness (QED) is 0.201. The molecule has 1 rings (SSSR count). The number of nitrogens with one attached hydrogen (secondary N) is 3. The lowest BCUT2D eigenvalue weighted by molar-refractivity contribution is -0.146. The summed E-state index contributed by atoms with van der Waals surface area (Å²) in [5, 5.41) is 53.7. The largest absolute Gasteiger partial charge is 0.480 e. The molecular formula is C15H23N3O10. The number of amides is 3. The summed E-state index contributed by atoms with van der Waals surface area (Å²) in [7, 11) is 0. The van der Waals surface area contributed by atoms with E-state index in [-0.39, 0.29) is 0 Å². The maximum absolute atomic E-state index is 12.0. The SMILES string of the molecule is CC(=O)N[C@H]1[C@H]([C@H](O)[C@H](O)CO)OC(C(=O)O)=C[C@@H]1NC(=O)N[C@@H](C)C(=O)O. The van der Waals surface area contributed by atoms with Gasteiger partial charge in [0.15, 0.2) is 0 Å². The summed E-state index contributed by atoms with van der Waals surface area (Å²) in [6.45, 7) is 1.43. The fraction of sp³-hybridized carbons (Fsp3) is 0.600. The van der Waals surface area contributed by atoms with E-state index < -0.39 is 72.7 Å². The van der Waals surface area contributed by atoms with Gasteiger partial charge in [-0.05, 0) is 13.0 Å². The molecule has 0 aromatic rings. The van der Waals surface area contributed by atoms with Gasteiger partial charge in [-0.25, -0.2) is 9.59 Å². The van der Waals surface area contributed by atoms with Crippen molar-refractivity contribution in [3.05, 3.63) is 11.8 Å². The predicted molar refractivity (Wildman–Crippen MR) is 89.8 cm³/mol. The third-order valence-corrected chi connectivity index (χ3v) is 3.85. The van der Waals surface area contributed by atoms with E-state index in [1.54, 1.807) is 0 Å². The number of urea groups is 1. The molecule has 8 N–H and O–H groups in total. The average molecular weight is 405 g/mol. The summed E-state index contributed by atoms with van der Waals surface area (Å²) in [5.74, 6) is -4.18. The van der Waals surface area contributed by atoms with E-state index in [0.717, 1.165) is 13.0 Å². The summed E-state index contributed by atoms with van der Waals surface area (Å²) in [5.41, 5.74) is 0. The number of carboxylic acid groups (broad SMARTS) is 2. The van der Waals surface area contributed by atoms with Crippen molar-refractivity contribution in [1.82, 2.24) is 16.0 Å². The highest BCUT2D eigenvalue weighted by Gasteiger charge is 2.44. The van der Waals surface area contributed by atoms with E-state index >= 15 is 0 Å². The molecule has 0 saturated carbocycles. The van der Waals surface area contributed by atoms with Crippen LogP contribution in [0.15, 0.2) is 11.8 Å². The molecule has 1 aliphatic rings. The summed E-state index contributed by atoms with van der Waals surface area (Å²) < 4.78 is 5.14. The fourth-order valence-electron chi connectivity index (χ4n) is 2.45. The van der Waals surface area contributed by atoms with Crippen LogP contribution in [0, 0.1) is 0 Å². The Balaban J connectivity index is 3.19. The fourth-order valence-corrected chi connectivity index (χ4v) is 2.45. The minimum atomic E-state index is -1.82. The van der Waals surface area contributed by atoms with E-state index in [2.05, 4.69) is 16.0 Å². The van der Waals surface area contributed by atoms with Crippen molar-refractivity contribution in [1.29, 1.82) is 0 Å². The number of carbonyl (C=O) groups is 4. The van der Waals surface area contributed by atoms with Gasteiger partial charge in [0.05, 0.1) is 18.7 Å². The van der Waals surface area contributed by atoms with Crippen LogP contribution in [0.2, 0.25) is 0 Å². The Hall–Kier alpha value is -2.90. The third kappa shape index (κ3) is 6.07. The first-order chi connectivity index (χ1) is 13.0. The number of aliphatic hydroxyl groups excluding tert-OH is 3. The molecule has 0 aromatic carbocycles. The molecule has 3 amide bonds. The van der Waals surface area contributed by atoms with E-state index in [0.29, 0.717) is 0 Å². The number of aliphatic carboxylic acids is 2. The van der Waals surface area contributed by atoms with Crippen molar-refractivity contribution in [3.8, 4) is 0 Å². The van der Waals surface area contributed by atoms with Gasteiger partial charge >= 0.3 is 18.0 Å². The highest BCUT2D eigenvalue weighted by atomic mass is 16.5. The van der Waals surface area contributed by atoms with Crippen LogP contribution in [0.5, 0.6) is 0 Å². The molecule has 28 heavy (non-hydrogen) atoms. The summed E-state index contributed by atoms with van der Waals surface area (Å²) in [4.78, 5) is 45.7. The van der Waals surface area contributed by atoms with Gasteiger partial charge in [-0.3, -0.25) is 9.59 Å². The smallest absolute Gasteiger partial charge is 0.370 e. The van der Waals surface area contributed by atoms with Gasteiger partial charge in [0, 0.05) is 6.92 Å². The zero-order valence-corrected chi connectivity index (χ0v) is 15.0. The Kier molecular flexibility index (Phi) is 8.16. The average Bonchev–Trinajstić information content (AvgIpc) is 2.60. The molecule has 0 saturated heterocycles. The van der Waals surface area contributed by atoms with Crippen LogP contribution < -0.4 is 16.0 Å². The second-order valence-corrected chi connectivity index (χ2v) is 6.09. The number of carboxylic acids is 2. The van der Waals surface area contributed by atoms with E-state index in [4.69, 9.17) is 14.9 Å². The predicted octanol–water partition coefficient (Wildman–Crippen LogP) is -3.29. The second kappa shape index (κ2) is 9.87. The molecule has 0 unspecified atom stereocenters. The second-order valence-electron chi connectivity index (χ2n) is 6.09. The van der Waals surface area contributed by atoms with Crippen molar-refractivity contribution in [3.63, 3.8) is 0 Å². The molecule has 1 heterocycles. The van der Waals surface area contributed by atoms with Crippen molar-refractivity contribution in [2.24, 2.45) is 0 Å². The Morgan fingerprint density at radius 2 is 1.79 bits per heavy atom. The monoisotopic (exact) mass is 405 g/mol. The van der Waals surface area contributed by atoms with Crippen molar-refractivity contribution in [2.45, 2.75) is 50.3 Å². The minimum absolute atomic E-state index is 0.623. The highest BCUT2D eigenvalue weighted by Crippen LogP contribution is 2.23. The van der Waals surface area contributed by atoms with E-state index in [9.17, 15) is 34.5 Å². The van der Waals surface area contributed by atoms with Gasteiger partial charge in [0.1, 0.15) is 24.4 Å². The third-order valence-electron chi connectivity index (χ3n) is 3.85. The number of carbonyl (C=O) groups excluding carboxylic acids is 2. The van der Waals surface area contributed by atoms with Gasteiger partial charge in [0.2, 0.25) is 11.7 Å². The van der Waals surface area contributed by atoms with Crippen molar-refractivity contribution in [2.75, 3.05) is 6.61 Å². The van der Waals surface area contributed by atoms with Gasteiger partial charge in [-0.2, -0.15) is 0 Å². The van der Waals surface area contributed by atoms with E-state index in [1.807, 2.05) is 0 Å². The first-order valence-corrected chi connectivity index (χ1v) is 8.13. The highest BCUT2D eigenvalue weighted by molar-refractivity contribution is 5.86. The topological polar surface area (TPSA) is 215 Å². The van der Waals surface area contributed by atoms with Crippen molar-refractivity contribution >= 4 is 23.9 Å². The number of aliphatic hydroxyl groups is 3.